The lowest BCUT2D eigenvalue weighted by atomic mass is 9.74. The maximum absolute atomic E-state index is 12.7. The quantitative estimate of drug-likeness (QED) is 0.825. The van der Waals surface area contributed by atoms with E-state index in [1.165, 1.54) is 0 Å². The van der Waals surface area contributed by atoms with Crippen LogP contribution < -0.4 is 4.74 Å². The maximum atomic E-state index is 12.7. The highest BCUT2D eigenvalue weighted by molar-refractivity contribution is 5.83. The van der Waals surface area contributed by atoms with E-state index in [0.717, 1.165) is 11.3 Å². The molecule has 1 N–H and O–H groups in total. The minimum absolute atomic E-state index is 0.164. The summed E-state index contributed by atoms with van der Waals surface area (Å²) in [7, 11) is 1.60. The van der Waals surface area contributed by atoms with Crippen molar-refractivity contribution in [1.29, 1.82) is 0 Å². The first-order valence-corrected chi connectivity index (χ1v) is 8.81. The Morgan fingerprint density at radius 3 is 2.96 bits per heavy atom. The second-order valence-corrected chi connectivity index (χ2v) is 7.01. The minimum atomic E-state index is -0.888. The molecule has 0 bridgehead atoms. The molecule has 3 rings (SSSR count). The van der Waals surface area contributed by atoms with Gasteiger partial charge in [-0.2, -0.15) is 0 Å². The van der Waals surface area contributed by atoms with Crippen LogP contribution in [0.1, 0.15) is 18.9 Å². The number of nitrogens with zero attached hydrogens (tertiary/aromatic N) is 1. The summed E-state index contributed by atoms with van der Waals surface area (Å²) in [6.45, 7) is 3.42. The van der Waals surface area contributed by atoms with Crippen molar-refractivity contribution in [2.45, 2.75) is 26.1 Å². The topological polar surface area (TPSA) is 85.3 Å². The molecule has 1 unspecified atom stereocenters. The summed E-state index contributed by atoms with van der Waals surface area (Å²) in [5, 5.41) is 9.70. The number of carbonyl (C=O) groups is 2. The van der Waals surface area contributed by atoms with Gasteiger partial charge in [-0.15, -0.1) is 0 Å². The molecule has 0 spiro atoms. The van der Waals surface area contributed by atoms with Gasteiger partial charge in [0.15, 0.2) is 0 Å². The van der Waals surface area contributed by atoms with Crippen LogP contribution >= 0.6 is 0 Å². The Labute approximate surface area is 152 Å². The average Bonchev–Trinajstić information content (AvgIpc) is 3.06. The standard InChI is InChI=1S/C19H25NO6/c1-13(26-10-14-4-3-5-16(8-14)24-2)17(21)20-9-15-11-25-7-6-19(15,12-20)18(22)23/h3-5,8,13,15H,6-7,9-12H2,1-2H3,(H,22,23)/t13?,15-,19+/m0/s1. The molecule has 7 nitrogen and oxygen atoms in total. The first kappa shape index (κ1) is 18.7. The first-order valence-electron chi connectivity index (χ1n) is 8.81. The molecule has 3 atom stereocenters. The summed E-state index contributed by atoms with van der Waals surface area (Å²) >= 11 is 0. The zero-order valence-electron chi connectivity index (χ0n) is 15.1. The van der Waals surface area contributed by atoms with Gasteiger partial charge in [-0.3, -0.25) is 9.59 Å². The number of carboxylic acids is 1. The highest BCUT2D eigenvalue weighted by Crippen LogP contribution is 2.42. The van der Waals surface area contributed by atoms with Gasteiger partial charge in [-0.25, -0.2) is 0 Å². The molecule has 0 radical (unpaired) electrons. The van der Waals surface area contributed by atoms with Crippen LogP contribution in [0.15, 0.2) is 24.3 Å². The largest absolute Gasteiger partial charge is 0.497 e. The van der Waals surface area contributed by atoms with E-state index >= 15 is 0 Å². The third-order valence-electron chi connectivity index (χ3n) is 5.43. The van der Waals surface area contributed by atoms with E-state index in [0.29, 0.717) is 26.2 Å². The lowest BCUT2D eigenvalue weighted by Crippen LogP contribution is -2.45. The number of hydrogen-bond donors (Lipinski definition) is 1. The van der Waals surface area contributed by atoms with Crippen LogP contribution in [0.3, 0.4) is 0 Å². The third-order valence-corrected chi connectivity index (χ3v) is 5.43. The van der Waals surface area contributed by atoms with E-state index in [-0.39, 0.29) is 25.0 Å². The molecule has 1 amide bonds. The predicted molar refractivity (Wildman–Crippen MR) is 92.8 cm³/mol. The number of ether oxygens (including phenoxy) is 3. The molecular formula is C19H25NO6. The van der Waals surface area contributed by atoms with Crippen molar-refractivity contribution in [3.05, 3.63) is 29.8 Å². The van der Waals surface area contributed by atoms with Crippen molar-refractivity contribution >= 4 is 11.9 Å². The lowest BCUT2D eigenvalue weighted by Gasteiger charge is -2.33. The number of aliphatic carboxylic acids is 1. The van der Waals surface area contributed by atoms with Crippen molar-refractivity contribution in [3.63, 3.8) is 0 Å². The molecular weight excluding hydrogens is 338 g/mol. The highest BCUT2D eigenvalue weighted by atomic mass is 16.5. The van der Waals surface area contributed by atoms with Gasteiger partial charge in [0.1, 0.15) is 11.9 Å². The molecule has 2 aliphatic rings. The van der Waals surface area contributed by atoms with E-state index in [9.17, 15) is 14.7 Å². The molecule has 0 aromatic heterocycles. The smallest absolute Gasteiger partial charge is 0.311 e. The molecule has 0 saturated carbocycles. The van der Waals surface area contributed by atoms with E-state index in [4.69, 9.17) is 14.2 Å². The molecule has 2 heterocycles. The molecule has 1 aromatic rings. The van der Waals surface area contributed by atoms with E-state index in [1.807, 2.05) is 24.3 Å². The van der Waals surface area contributed by atoms with Gasteiger partial charge in [-0.05, 0) is 31.0 Å². The molecule has 2 aliphatic heterocycles. The van der Waals surface area contributed by atoms with Gasteiger partial charge < -0.3 is 24.2 Å². The van der Waals surface area contributed by atoms with Crippen molar-refractivity contribution in [2.75, 3.05) is 33.4 Å². The monoisotopic (exact) mass is 363 g/mol. The zero-order chi connectivity index (χ0) is 18.7. The molecule has 2 saturated heterocycles. The number of methoxy groups -OCH3 is 1. The summed E-state index contributed by atoms with van der Waals surface area (Å²) in [5.74, 6) is -0.450. The predicted octanol–water partition coefficient (Wildman–Crippen LogP) is 1.55. The van der Waals surface area contributed by atoms with Crippen LogP contribution in [0.2, 0.25) is 0 Å². The summed E-state index contributed by atoms with van der Waals surface area (Å²) in [5.41, 5.74) is 0.0231. The number of amides is 1. The summed E-state index contributed by atoms with van der Waals surface area (Å²) in [6, 6.07) is 7.47. The van der Waals surface area contributed by atoms with Crippen molar-refractivity contribution in [1.82, 2.24) is 4.90 Å². The number of likely N-dealkylation sites (tertiary alicyclic amines) is 1. The molecule has 1 aromatic carbocycles. The third kappa shape index (κ3) is 3.54. The molecule has 26 heavy (non-hydrogen) atoms. The van der Waals surface area contributed by atoms with Crippen LogP contribution in [0.4, 0.5) is 0 Å². The van der Waals surface area contributed by atoms with Crippen LogP contribution in [0.25, 0.3) is 0 Å². The van der Waals surface area contributed by atoms with Crippen molar-refractivity contribution in [2.24, 2.45) is 11.3 Å². The summed E-state index contributed by atoms with van der Waals surface area (Å²) in [6.07, 6.45) is -0.205. The van der Waals surface area contributed by atoms with Gasteiger partial charge in [-0.1, -0.05) is 12.1 Å². The normalized spacial score (nSPS) is 26.2. The Morgan fingerprint density at radius 2 is 2.27 bits per heavy atom. The minimum Gasteiger partial charge on any atom is -0.497 e. The Hall–Kier alpha value is -2.12. The second-order valence-electron chi connectivity index (χ2n) is 7.01. The van der Waals surface area contributed by atoms with Crippen LogP contribution in [0.5, 0.6) is 5.75 Å². The van der Waals surface area contributed by atoms with Gasteiger partial charge in [0.2, 0.25) is 0 Å². The van der Waals surface area contributed by atoms with E-state index < -0.39 is 17.5 Å². The molecule has 7 heteroatoms. The van der Waals surface area contributed by atoms with Gasteiger partial charge in [0, 0.05) is 25.6 Å². The number of benzene rings is 1. The average molecular weight is 363 g/mol. The van der Waals surface area contributed by atoms with Crippen LogP contribution in [-0.4, -0.2) is 61.4 Å². The Bertz CT molecular complexity index is 678. The zero-order valence-corrected chi connectivity index (χ0v) is 15.1. The fourth-order valence-corrected chi connectivity index (χ4v) is 3.78. The van der Waals surface area contributed by atoms with Crippen molar-refractivity contribution in [3.8, 4) is 5.75 Å². The molecule has 142 valence electrons. The first-order chi connectivity index (χ1) is 12.5. The van der Waals surface area contributed by atoms with Crippen molar-refractivity contribution < 1.29 is 28.9 Å². The highest BCUT2D eigenvalue weighted by Gasteiger charge is 2.55. The fourth-order valence-electron chi connectivity index (χ4n) is 3.78. The number of fused-ring (bicyclic) bond motifs is 1. The van der Waals surface area contributed by atoms with Gasteiger partial charge in [0.25, 0.3) is 5.91 Å². The van der Waals surface area contributed by atoms with Crippen LogP contribution in [0, 0.1) is 11.3 Å². The second kappa shape index (κ2) is 7.63. The Balaban J connectivity index is 1.61. The van der Waals surface area contributed by atoms with Gasteiger partial charge in [0.05, 0.1) is 25.7 Å². The SMILES string of the molecule is COc1cccc(COC(C)C(=O)N2C[C@H]3COCC[C@@]3(C(=O)O)C2)c1. The summed E-state index contributed by atoms with van der Waals surface area (Å²) < 4.78 is 16.3. The van der Waals surface area contributed by atoms with Crippen LogP contribution in [-0.2, 0) is 25.7 Å². The van der Waals surface area contributed by atoms with E-state index in [2.05, 4.69) is 0 Å². The number of carbonyl (C=O) groups excluding carboxylic acids is 1. The Morgan fingerprint density at radius 1 is 1.46 bits per heavy atom. The van der Waals surface area contributed by atoms with Gasteiger partial charge >= 0.3 is 5.97 Å². The maximum Gasteiger partial charge on any atom is 0.311 e. The number of hydrogen-bond acceptors (Lipinski definition) is 5. The number of rotatable bonds is 6. The molecule has 0 aliphatic carbocycles. The Kier molecular flexibility index (Phi) is 5.48. The van der Waals surface area contributed by atoms with E-state index in [1.54, 1.807) is 18.9 Å². The molecule has 2 fully saturated rings. The lowest BCUT2D eigenvalue weighted by molar-refractivity contribution is -0.157. The number of carboxylic acid groups (broad SMARTS) is 1. The fraction of sp³-hybridized carbons (Fsp3) is 0.579. The summed E-state index contributed by atoms with van der Waals surface area (Å²) in [4.78, 5) is 26.2.